The molecule has 2 N–H and O–H groups in total. The Morgan fingerprint density at radius 2 is 1.95 bits per heavy atom. The molecule has 2 heterocycles. The average molecular weight is 264 g/mol. The number of rotatable bonds is 2. The lowest BCUT2D eigenvalue weighted by Crippen LogP contribution is -1.94. The Morgan fingerprint density at radius 3 is 2.75 bits per heavy atom. The third kappa shape index (κ3) is 1.23. The number of hydrogen-bond donors (Lipinski definition) is 2. The van der Waals surface area contributed by atoms with Gasteiger partial charge < -0.3 is 0 Å². The second-order valence-corrected chi connectivity index (χ2v) is 5.53. The van der Waals surface area contributed by atoms with Crippen LogP contribution in [0.1, 0.15) is 28.7 Å². The van der Waals surface area contributed by atoms with Gasteiger partial charge in [-0.25, -0.2) is 0 Å². The molecule has 1 fully saturated rings. The first-order chi connectivity index (χ1) is 9.93. The van der Waals surface area contributed by atoms with Crippen LogP contribution in [-0.4, -0.2) is 30.8 Å². The van der Waals surface area contributed by atoms with Crippen LogP contribution in [0.2, 0.25) is 0 Å². The molecule has 6 heteroatoms. The molecule has 2 aliphatic rings. The molecule has 3 atom stereocenters. The van der Waals surface area contributed by atoms with Crippen LogP contribution in [0.25, 0.3) is 11.5 Å². The fraction of sp³-hybridized carbons (Fsp3) is 0.286. The van der Waals surface area contributed by atoms with Gasteiger partial charge in [0.05, 0.1) is 0 Å². The predicted molar refractivity (Wildman–Crippen MR) is 70.9 cm³/mol. The molecular formula is C14H12N6. The monoisotopic (exact) mass is 264 g/mol. The predicted octanol–water partition coefficient (Wildman–Crippen LogP) is 1.64. The molecule has 20 heavy (non-hydrogen) atoms. The number of hydrogen-bond acceptors (Lipinski definition) is 4. The van der Waals surface area contributed by atoms with Crippen LogP contribution in [0.5, 0.6) is 0 Å². The van der Waals surface area contributed by atoms with Gasteiger partial charge in [0.2, 0.25) is 5.82 Å². The van der Waals surface area contributed by atoms with Crippen molar-refractivity contribution in [2.45, 2.75) is 18.3 Å². The van der Waals surface area contributed by atoms with Crippen molar-refractivity contribution in [3.63, 3.8) is 0 Å². The zero-order chi connectivity index (χ0) is 13.1. The lowest BCUT2D eigenvalue weighted by Gasteiger charge is -2.04. The highest BCUT2D eigenvalue weighted by Crippen LogP contribution is 2.66. The number of aromatic amines is 2. The minimum absolute atomic E-state index is 0.583. The van der Waals surface area contributed by atoms with E-state index in [0.717, 1.165) is 12.1 Å². The summed E-state index contributed by atoms with van der Waals surface area (Å²) in [5.74, 6) is 2.51. The molecule has 6 nitrogen and oxygen atoms in total. The van der Waals surface area contributed by atoms with Crippen molar-refractivity contribution >= 4 is 0 Å². The molecule has 1 unspecified atom stereocenters. The smallest absolute Gasteiger partial charge is 0.225 e. The van der Waals surface area contributed by atoms with Gasteiger partial charge in [-0.1, -0.05) is 30.3 Å². The normalized spacial score (nSPS) is 26.3. The quantitative estimate of drug-likeness (QED) is 0.737. The van der Waals surface area contributed by atoms with E-state index < -0.39 is 0 Å². The molecule has 5 rings (SSSR count). The van der Waals surface area contributed by atoms with Crippen LogP contribution >= 0.6 is 0 Å². The van der Waals surface area contributed by atoms with Gasteiger partial charge in [-0.15, -0.1) is 10.2 Å². The molecule has 1 aromatic carbocycles. The molecule has 2 aliphatic carbocycles. The largest absolute Gasteiger partial charge is 0.281 e. The Hall–Kier alpha value is -2.50. The van der Waals surface area contributed by atoms with Gasteiger partial charge in [0.25, 0.3) is 0 Å². The molecule has 0 spiro atoms. The summed E-state index contributed by atoms with van der Waals surface area (Å²) in [6.07, 6.45) is 1.06. The fourth-order valence-corrected chi connectivity index (χ4v) is 3.70. The molecule has 98 valence electrons. The Balaban J connectivity index is 1.52. The van der Waals surface area contributed by atoms with Crippen molar-refractivity contribution in [2.24, 2.45) is 5.92 Å². The second kappa shape index (κ2) is 3.53. The van der Waals surface area contributed by atoms with E-state index in [1.54, 1.807) is 0 Å². The maximum atomic E-state index is 4.38. The number of fused-ring (bicyclic) bond motifs is 3. The molecule has 0 aliphatic heterocycles. The maximum Gasteiger partial charge on any atom is 0.225 e. The third-order valence-electron chi connectivity index (χ3n) is 4.58. The topological polar surface area (TPSA) is 83.1 Å². The van der Waals surface area contributed by atoms with E-state index in [0.29, 0.717) is 23.6 Å². The van der Waals surface area contributed by atoms with Crippen LogP contribution in [0.4, 0.5) is 0 Å². The minimum atomic E-state index is 0.583. The van der Waals surface area contributed by atoms with Gasteiger partial charge in [-0.05, 0) is 29.0 Å². The summed E-state index contributed by atoms with van der Waals surface area (Å²) in [7, 11) is 0. The average Bonchev–Trinajstić information content (AvgIpc) is 2.92. The van der Waals surface area contributed by atoms with Crippen LogP contribution in [-0.2, 0) is 6.42 Å². The molecule has 0 radical (unpaired) electrons. The lowest BCUT2D eigenvalue weighted by molar-refractivity contribution is 0.810. The third-order valence-corrected chi connectivity index (χ3v) is 4.58. The summed E-state index contributed by atoms with van der Waals surface area (Å²) in [4.78, 5) is 0. The number of nitrogens with zero attached hydrogens (tertiary/aromatic N) is 4. The van der Waals surface area contributed by atoms with Crippen molar-refractivity contribution in [3.05, 3.63) is 47.2 Å². The van der Waals surface area contributed by atoms with Gasteiger partial charge in [0.15, 0.2) is 0 Å². The first-order valence-electron chi connectivity index (χ1n) is 6.79. The number of benzene rings is 1. The number of H-pyrrole nitrogens is 2. The van der Waals surface area contributed by atoms with Crippen LogP contribution in [0.3, 0.4) is 0 Å². The van der Waals surface area contributed by atoms with Crippen LogP contribution < -0.4 is 0 Å². The zero-order valence-electron chi connectivity index (χ0n) is 10.6. The van der Waals surface area contributed by atoms with Crippen LogP contribution in [0.15, 0.2) is 30.3 Å². The van der Waals surface area contributed by atoms with E-state index in [-0.39, 0.29) is 0 Å². The van der Waals surface area contributed by atoms with Crippen molar-refractivity contribution in [3.8, 4) is 11.5 Å². The maximum absolute atomic E-state index is 4.38. The first kappa shape index (κ1) is 10.3. The highest BCUT2D eigenvalue weighted by Gasteiger charge is 2.58. The molecule has 0 bridgehead atoms. The SMILES string of the molecule is c1ccc(C2[C@H]3c4[nH]nc(-c5nn[nH]n5)c4C[C@@H]23)cc1. The Labute approximate surface area is 114 Å². The van der Waals surface area contributed by atoms with E-state index in [1.165, 1.54) is 16.8 Å². The van der Waals surface area contributed by atoms with Gasteiger partial charge in [-0.2, -0.15) is 10.3 Å². The van der Waals surface area contributed by atoms with E-state index in [4.69, 9.17) is 0 Å². The molecule has 1 saturated carbocycles. The summed E-state index contributed by atoms with van der Waals surface area (Å²) in [6.45, 7) is 0. The second-order valence-electron chi connectivity index (χ2n) is 5.53. The summed E-state index contributed by atoms with van der Waals surface area (Å²) in [5.41, 5.74) is 4.83. The Kier molecular flexibility index (Phi) is 1.82. The van der Waals surface area contributed by atoms with E-state index in [9.17, 15) is 0 Å². The standard InChI is InChI=1S/C14H12N6/c1-2-4-7(5-3-1)10-8-6-9-12(11(8)10)15-16-13(9)14-17-19-20-18-14/h1-5,8,10-11H,6H2,(H,15,16)(H,17,18,19,20)/t8-,10?,11-/m0/s1. The van der Waals surface area contributed by atoms with Gasteiger partial charge in [-0.3, -0.25) is 5.10 Å². The minimum Gasteiger partial charge on any atom is -0.281 e. The fourth-order valence-electron chi connectivity index (χ4n) is 3.70. The molecule has 2 aromatic heterocycles. The summed E-state index contributed by atoms with van der Waals surface area (Å²) >= 11 is 0. The number of aromatic nitrogens is 6. The Morgan fingerprint density at radius 1 is 1.05 bits per heavy atom. The highest BCUT2D eigenvalue weighted by atomic mass is 15.5. The zero-order valence-corrected chi connectivity index (χ0v) is 10.6. The van der Waals surface area contributed by atoms with E-state index in [1.807, 2.05) is 0 Å². The van der Waals surface area contributed by atoms with Gasteiger partial charge >= 0.3 is 0 Å². The number of tetrazole rings is 1. The summed E-state index contributed by atoms with van der Waals surface area (Å²) in [6, 6.07) is 10.7. The molecule has 0 saturated heterocycles. The molecule has 0 amide bonds. The van der Waals surface area contributed by atoms with Gasteiger partial charge in [0.1, 0.15) is 5.69 Å². The van der Waals surface area contributed by atoms with Crippen LogP contribution in [0, 0.1) is 5.92 Å². The van der Waals surface area contributed by atoms with Crippen molar-refractivity contribution < 1.29 is 0 Å². The van der Waals surface area contributed by atoms with E-state index >= 15 is 0 Å². The van der Waals surface area contributed by atoms with Crippen molar-refractivity contribution in [1.82, 2.24) is 30.8 Å². The lowest BCUT2D eigenvalue weighted by atomic mass is 10.0. The van der Waals surface area contributed by atoms with E-state index in [2.05, 4.69) is 61.2 Å². The molecular weight excluding hydrogens is 252 g/mol. The Bertz CT molecular complexity index is 760. The first-order valence-corrected chi connectivity index (χ1v) is 6.79. The summed E-state index contributed by atoms with van der Waals surface area (Å²) < 4.78 is 0. The van der Waals surface area contributed by atoms with Gasteiger partial charge in [0, 0.05) is 17.2 Å². The number of nitrogens with one attached hydrogen (secondary N) is 2. The summed E-state index contributed by atoms with van der Waals surface area (Å²) in [5, 5.41) is 21.7. The highest BCUT2D eigenvalue weighted by molar-refractivity contribution is 5.61. The molecule has 3 aromatic rings. The van der Waals surface area contributed by atoms with Crippen molar-refractivity contribution in [2.75, 3.05) is 0 Å². The van der Waals surface area contributed by atoms with Crippen molar-refractivity contribution in [1.29, 1.82) is 0 Å².